The fraction of sp³-hybridized carbons (Fsp3) is 0.583. The minimum atomic E-state index is -2.19. The number of carbonyl (C=O) groups is 4. The quantitative estimate of drug-likeness (QED) is 0.214. The third-order valence-corrected chi connectivity index (χ3v) is 4.52. The van der Waals surface area contributed by atoms with Crippen molar-refractivity contribution in [2.24, 2.45) is 0 Å². The lowest BCUT2D eigenvalue weighted by Gasteiger charge is -2.28. The minimum Gasteiger partial charge on any atom is -0.466 e. The van der Waals surface area contributed by atoms with Crippen LogP contribution in [0.2, 0.25) is 0 Å². The largest absolute Gasteiger partial charge is 0.466 e. The van der Waals surface area contributed by atoms with E-state index in [2.05, 4.69) is 5.32 Å². The molecule has 0 aliphatic rings. The summed E-state index contributed by atoms with van der Waals surface area (Å²) >= 11 is 0. The van der Waals surface area contributed by atoms with Crippen molar-refractivity contribution in [1.82, 2.24) is 5.32 Å². The number of nitrogens with one attached hydrogen (secondary N) is 1. The van der Waals surface area contributed by atoms with E-state index in [9.17, 15) is 19.2 Å². The molecule has 1 amide bonds. The molecule has 0 aliphatic heterocycles. The molecule has 9 heteroatoms. The number of benzene rings is 1. The Balaban J connectivity index is 2.72. The standard InChI is InChI=1S/C24H35NO8/c1-6-31-21(28)24(20(27)30-5,32-19(26)18-14-10-9-11-15-18)16-12-7-8-13-17-25-22(29)33-23(2,3)4/h9-11,14-15H,6-8,12-13,16-17H2,1-5H3,(H,25,29). The van der Waals surface area contributed by atoms with Crippen molar-refractivity contribution in [3.05, 3.63) is 35.9 Å². The molecule has 9 nitrogen and oxygen atoms in total. The van der Waals surface area contributed by atoms with Crippen LogP contribution in [0.4, 0.5) is 4.79 Å². The molecule has 0 radical (unpaired) electrons. The number of esters is 3. The molecule has 0 aliphatic carbocycles. The Bertz CT molecular complexity index is 787. The highest BCUT2D eigenvalue weighted by molar-refractivity contribution is 6.06. The van der Waals surface area contributed by atoms with Gasteiger partial charge in [0.1, 0.15) is 5.60 Å². The molecule has 1 unspecified atom stereocenters. The summed E-state index contributed by atoms with van der Waals surface area (Å²) < 4.78 is 20.5. The lowest BCUT2D eigenvalue weighted by molar-refractivity contribution is -0.183. The number of carbonyl (C=O) groups excluding carboxylic acids is 4. The predicted molar refractivity (Wildman–Crippen MR) is 121 cm³/mol. The molecule has 0 heterocycles. The van der Waals surface area contributed by atoms with Crippen LogP contribution in [0.5, 0.6) is 0 Å². The molecule has 1 atom stereocenters. The SMILES string of the molecule is CCOC(=O)C(CCCCCCNC(=O)OC(C)(C)C)(OC(=O)c1ccccc1)C(=O)OC. The number of alkyl carbamates (subject to hydrolysis) is 1. The monoisotopic (exact) mass is 465 g/mol. The molecule has 1 N–H and O–H groups in total. The van der Waals surface area contributed by atoms with Crippen LogP contribution in [0.3, 0.4) is 0 Å². The molecule has 0 saturated carbocycles. The van der Waals surface area contributed by atoms with Crippen LogP contribution < -0.4 is 5.32 Å². The van der Waals surface area contributed by atoms with Crippen molar-refractivity contribution >= 4 is 24.0 Å². The zero-order chi connectivity index (χ0) is 24.9. The minimum absolute atomic E-state index is 0.0107. The zero-order valence-electron chi connectivity index (χ0n) is 20.1. The van der Waals surface area contributed by atoms with Gasteiger partial charge in [0.25, 0.3) is 0 Å². The van der Waals surface area contributed by atoms with Crippen molar-refractivity contribution in [3.63, 3.8) is 0 Å². The van der Waals surface area contributed by atoms with Gasteiger partial charge in [-0.1, -0.05) is 31.0 Å². The van der Waals surface area contributed by atoms with Gasteiger partial charge < -0.3 is 24.3 Å². The van der Waals surface area contributed by atoms with Gasteiger partial charge in [0, 0.05) is 13.0 Å². The molecule has 1 aromatic carbocycles. The number of hydrogen-bond acceptors (Lipinski definition) is 8. The third kappa shape index (κ3) is 9.51. The molecule has 33 heavy (non-hydrogen) atoms. The fourth-order valence-electron chi connectivity index (χ4n) is 2.98. The number of amides is 1. The van der Waals surface area contributed by atoms with Gasteiger partial charge in [0.15, 0.2) is 0 Å². The van der Waals surface area contributed by atoms with E-state index in [1.165, 1.54) is 12.1 Å². The first kappa shape index (κ1) is 27.9. The maximum atomic E-state index is 12.7. The highest BCUT2D eigenvalue weighted by Crippen LogP contribution is 2.26. The van der Waals surface area contributed by atoms with E-state index in [4.69, 9.17) is 18.9 Å². The fourth-order valence-corrected chi connectivity index (χ4v) is 2.98. The average Bonchev–Trinajstić information content (AvgIpc) is 2.76. The van der Waals surface area contributed by atoms with E-state index < -0.39 is 35.2 Å². The van der Waals surface area contributed by atoms with E-state index in [0.29, 0.717) is 32.2 Å². The molecule has 1 rings (SSSR count). The van der Waals surface area contributed by atoms with Crippen molar-refractivity contribution in [2.45, 2.75) is 71.0 Å². The lowest BCUT2D eigenvalue weighted by Crippen LogP contribution is -2.52. The lowest BCUT2D eigenvalue weighted by atomic mass is 9.95. The first-order valence-corrected chi connectivity index (χ1v) is 11.1. The molecular weight excluding hydrogens is 430 g/mol. The summed E-state index contributed by atoms with van der Waals surface area (Å²) in [5, 5.41) is 2.67. The van der Waals surface area contributed by atoms with Crippen LogP contribution in [-0.4, -0.2) is 55.5 Å². The summed E-state index contributed by atoms with van der Waals surface area (Å²) in [7, 11) is 1.12. The van der Waals surface area contributed by atoms with Crippen molar-refractivity contribution in [2.75, 3.05) is 20.3 Å². The molecular formula is C24H35NO8. The van der Waals surface area contributed by atoms with Gasteiger partial charge in [-0.3, -0.25) is 0 Å². The molecule has 0 aromatic heterocycles. The molecule has 0 saturated heterocycles. The number of rotatable bonds is 12. The first-order chi connectivity index (χ1) is 15.6. The summed E-state index contributed by atoms with van der Waals surface area (Å²) in [5.41, 5.74) is -2.55. The van der Waals surface area contributed by atoms with Crippen molar-refractivity contribution < 1.29 is 38.1 Å². The highest BCUT2D eigenvalue weighted by Gasteiger charge is 2.52. The second-order valence-corrected chi connectivity index (χ2v) is 8.39. The van der Waals surface area contributed by atoms with E-state index in [1.54, 1.807) is 45.9 Å². The summed E-state index contributed by atoms with van der Waals surface area (Å²) in [5.74, 6) is -2.78. The molecule has 1 aromatic rings. The Labute approximate surface area is 195 Å². The van der Waals surface area contributed by atoms with Gasteiger partial charge in [0.05, 0.1) is 19.3 Å². The smallest absolute Gasteiger partial charge is 0.407 e. The number of hydrogen-bond donors (Lipinski definition) is 1. The highest BCUT2D eigenvalue weighted by atomic mass is 16.6. The summed E-state index contributed by atoms with van der Waals surface area (Å²) in [6.45, 7) is 7.39. The third-order valence-electron chi connectivity index (χ3n) is 4.52. The van der Waals surface area contributed by atoms with E-state index in [1.807, 2.05) is 0 Å². The van der Waals surface area contributed by atoms with E-state index >= 15 is 0 Å². The van der Waals surface area contributed by atoms with Gasteiger partial charge in [-0.05, 0) is 52.7 Å². The number of methoxy groups -OCH3 is 1. The molecule has 0 bridgehead atoms. The summed E-state index contributed by atoms with van der Waals surface area (Å²) in [6, 6.07) is 8.06. The van der Waals surface area contributed by atoms with Crippen LogP contribution in [0.25, 0.3) is 0 Å². The normalized spacial score (nSPS) is 12.8. The van der Waals surface area contributed by atoms with Crippen LogP contribution in [0.15, 0.2) is 30.3 Å². The van der Waals surface area contributed by atoms with Gasteiger partial charge >= 0.3 is 29.6 Å². The second-order valence-electron chi connectivity index (χ2n) is 8.39. The topological polar surface area (TPSA) is 117 Å². The van der Waals surface area contributed by atoms with Gasteiger partial charge in [-0.15, -0.1) is 0 Å². The Hall–Kier alpha value is -3.10. The van der Waals surface area contributed by atoms with Crippen LogP contribution >= 0.6 is 0 Å². The summed E-state index contributed by atoms with van der Waals surface area (Å²) in [4.78, 5) is 49.6. The first-order valence-electron chi connectivity index (χ1n) is 11.1. The van der Waals surface area contributed by atoms with Crippen molar-refractivity contribution in [3.8, 4) is 0 Å². The van der Waals surface area contributed by atoms with Gasteiger partial charge in [0.2, 0.25) is 0 Å². The van der Waals surface area contributed by atoms with Gasteiger partial charge in [-0.25, -0.2) is 19.2 Å². The Morgan fingerprint density at radius 3 is 2.09 bits per heavy atom. The predicted octanol–water partition coefficient (Wildman–Crippen LogP) is 3.79. The second kappa shape index (κ2) is 13.4. The van der Waals surface area contributed by atoms with E-state index in [-0.39, 0.29) is 18.6 Å². The Kier molecular flexibility index (Phi) is 11.4. The number of unbranched alkanes of at least 4 members (excludes halogenated alkanes) is 3. The Morgan fingerprint density at radius 2 is 1.52 bits per heavy atom. The van der Waals surface area contributed by atoms with Gasteiger partial charge in [-0.2, -0.15) is 0 Å². The van der Waals surface area contributed by atoms with Crippen LogP contribution in [0, 0.1) is 0 Å². The maximum Gasteiger partial charge on any atom is 0.407 e. The molecule has 0 fully saturated rings. The maximum absolute atomic E-state index is 12.7. The molecule has 184 valence electrons. The average molecular weight is 466 g/mol. The summed E-state index contributed by atoms with van der Waals surface area (Å²) in [6.07, 6.45) is 1.83. The van der Waals surface area contributed by atoms with E-state index in [0.717, 1.165) is 7.11 Å². The van der Waals surface area contributed by atoms with Crippen LogP contribution in [0.1, 0.15) is 70.2 Å². The Morgan fingerprint density at radius 1 is 0.879 bits per heavy atom. The van der Waals surface area contributed by atoms with Crippen LogP contribution in [-0.2, 0) is 28.5 Å². The number of ether oxygens (including phenoxy) is 4. The zero-order valence-corrected chi connectivity index (χ0v) is 20.1. The van der Waals surface area contributed by atoms with Crippen molar-refractivity contribution in [1.29, 1.82) is 0 Å². The molecule has 0 spiro atoms.